The molecule has 2 aliphatic heterocycles. The van der Waals surface area contributed by atoms with Gasteiger partial charge in [-0.05, 0) is 70.7 Å². The van der Waals surface area contributed by atoms with E-state index in [-0.39, 0.29) is 6.04 Å². The number of amides is 1. The van der Waals surface area contributed by atoms with Crippen molar-refractivity contribution in [1.82, 2.24) is 19.4 Å². The Morgan fingerprint density at radius 1 is 1.15 bits per heavy atom. The third-order valence-corrected chi connectivity index (χ3v) is 6.54. The molecule has 0 radical (unpaired) electrons. The van der Waals surface area contributed by atoms with E-state index in [4.69, 9.17) is 4.98 Å². The quantitative estimate of drug-likeness (QED) is 0.825. The van der Waals surface area contributed by atoms with Gasteiger partial charge in [0.05, 0.1) is 17.1 Å². The first-order valence-corrected chi connectivity index (χ1v) is 10.5. The fraction of sp³-hybridized carbons (Fsp3) is 0.636. The van der Waals surface area contributed by atoms with Crippen LogP contribution < -0.4 is 0 Å². The summed E-state index contributed by atoms with van der Waals surface area (Å²) < 4.78 is 2.17. The molecule has 2 saturated heterocycles. The van der Waals surface area contributed by atoms with Gasteiger partial charge in [0, 0.05) is 26.1 Å². The Balaban J connectivity index is 1.45. The molecule has 27 heavy (non-hydrogen) atoms. The number of carbonyl (C=O) groups excluding carboxylic acids is 1. The van der Waals surface area contributed by atoms with Crippen molar-refractivity contribution < 1.29 is 4.79 Å². The van der Waals surface area contributed by atoms with Crippen LogP contribution in [0.3, 0.4) is 0 Å². The van der Waals surface area contributed by atoms with Crippen LogP contribution in [0.4, 0.5) is 0 Å². The Labute approximate surface area is 162 Å². The van der Waals surface area contributed by atoms with Gasteiger partial charge in [-0.1, -0.05) is 12.1 Å². The molecule has 0 spiro atoms. The van der Waals surface area contributed by atoms with Crippen LogP contribution in [0.5, 0.6) is 0 Å². The molecule has 0 aliphatic carbocycles. The van der Waals surface area contributed by atoms with Gasteiger partial charge < -0.3 is 14.4 Å². The average molecular weight is 369 g/mol. The molecule has 0 bridgehead atoms. The van der Waals surface area contributed by atoms with Crippen LogP contribution in [0.15, 0.2) is 24.3 Å². The maximum absolute atomic E-state index is 13.1. The standard InChI is InChI=1S/C22H32N4O/c1-16(2)25-13-10-17(11-14-25)15-21(27)26-12-6-9-20(26)22-23-18-7-4-5-8-19(18)24(22)3/h4-5,7-8,16-17,20H,6,9-15H2,1-3H3. The van der Waals surface area contributed by atoms with Crippen LogP contribution in [-0.4, -0.2) is 50.9 Å². The lowest BCUT2D eigenvalue weighted by Crippen LogP contribution is -2.40. The lowest BCUT2D eigenvalue weighted by atomic mass is 9.92. The second kappa shape index (κ2) is 7.63. The van der Waals surface area contributed by atoms with Crippen LogP contribution in [-0.2, 0) is 11.8 Å². The van der Waals surface area contributed by atoms with Gasteiger partial charge in [0.25, 0.3) is 0 Å². The van der Waals surface area contributed by atoms with Crippen LogP contribution in [0.1, 0.15) is 57.8 Å². The summed E-state index contributed by atoms with van der Waals surface area (Å²) in [5.41, 5.74) is 2.17. The third kappa shape index (κ3) is 3.62. The Morgan fingerprint density at radius 2 is 1.89 bits per heavy atom. The van der Waals surface area contributed by atoms with Gasteiger partial charge >= 0.3 is 0 Å². The van der Waals surface area contributed by atoms with E-state index in [0.717, 1.165) is 62.2 Å². The Morgan fingerprint density at radius 3 is 2.59 bits per heavy atom. The minimum atomic E-state index is 0.130. The predicted molar refractivity (Wildman–Crippen MR) is 108 cm³/mol. The summed E-state index contributed by atoms with van der Waals surface area (Å²) in [6.07, 6.45) is 5.09. The molecule has 3 heterocycles. The topological polar surface area (TPSA) is 41.4 Å². The number of rotatable bonds is 4. The summed E-state index contributed by atoms with van der Waals surface area (Å²) in [6, 6.07) is 8.99. The van der Waals surface area contributed by atoms with Crippen molar-refractivity contribution in [2.45, 2.75) is 58.0 Å². The molecule has 5 nitrogen and oxygen atoms in total. The van der Waals surface area contributed by atoms with Gasteiger partial charge in [0.15, 0.2) is 0 Å². The zero-order chi connectivity index (χ0) is 19.0. The molecule has 1 aromatic heterocycles. The highest BCUT2D eigenvalue weighted by atomic mass is 16.2. The number of piperidine rings is 1. The number of imidazole rings is 1. The van der Waals surface area contributed by atoms with Gasteiger partial charge in [-0.2, -0.15) is 0 Å². The van der Waals surface area contributed by atoms with E-state index in [1.54, 1.807) is 0 Å². The van der Waals surface area contributed by atoms with Crippen molar-refractivity contribution in [3.05, 3.63) is 30.1 Å². The molecular weight excluding hydrogens is 336 g/mol. The third-order valence-electron chi connectivity index (χ3n) is 6.54. The van der Waals surface area contributed by atoms with Crippen molar-refractivity contribution in [3.8, 4) is 0 Å². The van der Waals surface area contributed by atoms with E-state index < -0.39 is 0 Å². The second-order valence-electron chi connectivity index (χ2n) is 8.54. The Hall–Kier alpha value is -1.88. The minimum absolute atomic E-state index is 0.130. The number of para-hydroxylation sites is 2. The molecule has 2 aliphatic rings. The summed E-state index contributed by atoms with van der Waals surface area (Å²) in [6.45, 7) is 7.65. The summed E-state index contributed by atoms with van der Waals surface area (Å²) in [5, 5.41) is 0. The summed E-state index contributed by atoms with van der Waals surface area (Å²) in [5.74, 6) is 1.90. The van der Waals surface area contributed by atoms with Crippen LogP contribution in [0.25, 0.3) is 11.0 Å². The Kier molecular flexibility index (Phi) is 5.22. The van der Waals surface area contributed by atoms with Crippen LogP contribution in [0, 0.1) is 5.92 Å². The lowest BCUT2D eigenvalue weighted by Gasteiger charge is -2.35. The predicted octanol–water partition coefficient (Wildman–Crippen LogP) is 3.75. The zero-order valence-electron chi connectivity index (χ0n) is 16.9. The Bertz CT molecular complexity index is 804. The highest BCUT2D eigenvalue weighted by molar-refractivity contribution is 5.78. The van der Waals surface area contributed by atoms with Crippen molar-refractivity contribution >= 4 is 16.9 Å². The highest BCUT2D eigenvalue weighted by Gasteiger charge is 2.34. The number of fused-ring (bicyclic) bond motifs is 1. The van der Waals surface area contributed by atoms with Gasteiger partial charge in [0.1, 0.15) is 5.82 Å². The molecule has 2 aromatic rings. The van der Waals surface area contributed by atoms with Gasteiger partial charge in [-0.3, -0.25) is 4.79 Å². The van der Waals surface area contributed by atoms with E-state index in [1.165, 1.54) is 0 Å². The van der Waals surface area contributed by atoms with Gasteiger partial charge in [-0.25, -0.2) is 4.98 Å². The normalized spacial score (nSPS) is 22.2. The van der Waals surface area contributed by atoms with Crippen LogP contribution in [0.2, 0.25) is 0 Å². The monoisotopic (exact) mass is 368 g/mol. The van der Waals surface area contributed by atoms with Crippen molar-refractivity contribution in [2.75, 3.05) is 19.6 Å². The molecule has 146 valence electrons. The molecule has 2 fully saturated rings. The van der Waals surface area contributed by atoms with E-state index in [2.05, 4.69) is 53.5 Å². The second-order valence-corrected chi connectivity index (χ2v) is 8.54. The van der Waals surface area contributed by atoms with Crippen LogP contribution >= 0.6 is 0 Å². The van der Waals surface area contributed by atoms with Crippen molar-refractivity contribution in [3.63, 3.8) is 0 Å². The number of carbonyl (C=O) groups is 1. The SMILES string of the molecule is CC(C)N1CCC(CC(=O)N2CCCC2c2nc3ccccc3n2C)CC1. The number of benzene rings is 1. The molecule has 1 amide bonds. The number of nitrogens with zero attached hydrogens (tertiary/aromatic N) is 4. The maximum atomic E-state index is 13.1. The largest absolute Gasteiger partial charge is 0.332 e. The molecule has 5 heteroatoms. The van der Waals surface area contributed by atoms with E-state index >= 15 is 0 Å². The van der Waals surface area contributed by atoms with Crippen molar-refractivity contribution in [2.24, 2.45) is 13.0 Å². The average Bonchev–Trinajstić information content (AvgIpc) is 3.27. The summed E-state index contributed by atoms with van der Waals surface area (Å²) >= 11 is 0. The fourth-order valence-corrected chi connectivity index (χ4v) is 4.83. The molecule has 1 unspecified atom stereocenters. The fourth-order valence-electron chi connectivity index (χ4n) is 4.83. The van der Waals surface area contributed by atoms with Gasteiger partial charge in [0.2, 0.25) is 5.91 Å². The summed E-state index contributed by atoms with van der Waals surface area (Å²) in [4.78, 5) is 22.6. The lowest BCUT2D eigenvalue weighted by molar-refractivity contribution is -0.133. The minimum Gasteiger partial charge on any atom is -0.332 e. The molecule has 4 rings (SSSR count). The summed E-state index contributed by atoms with van der Waals surface area (Å²) in [7, 11) is 2.08. The molecule has 0 saturated carbocycles. The van der Waals surface area contributed by atoms with Gasteiger partial charge in [-0.15, -0.1) is 0 Å². The molecule has 1 aromatic carbocycles. The molecule has 1 atom stereocenters. The highest BCUT2D eigenvalue weighted by Crippen LogP contribution is 2.34. The van der Waals surface area contributed by atoms with E-state index in [0.29, 0.717) is 24.3 Å². The van der Waals surface area contributed by atoms with E-state index in [9.17, 15) is 4.79 Å². The van der Waals surface area contributed by atoms with Crippen molar-refractivity contribution in [1.29, 1.82) is 0 Å². The number of aryl methyl sites for hydroxylation is 1. The zero-order valence-corrected chi connectivity index (χ0v) is 16.9. The first-order valence-electron chi connectivity index (χ1n) is 10.5. The first kappa shape index (κ1) is 18.5. The smallest absolute Gasteiger partial charge is 0.223 e. The number of hydrogen-bond acceptors (Lipinski definition) is 3. The molecule has 0 N–H and O–H groups in total. The van der Waals surface area contributed by atoms with E-state index in [1.807, 2.05) is 6.07 Å². The number of aromatic nitrogens is 2. The first-order chi connectivity index (χ1) is 13.0. The number of likely N-dealkylation sites (tertiary alicyclic amines) is 2. The number of hydrogen-bond donors (Lipinski definition) is 0. The molecular formula is C22H32N4O. The maximum Gasteiger partial charge on any atom is 0.223 e.